The van der Waals surface area contributed by atoms with Crippen molar-refractivity contribution < 1.29 is 4.58 Å². The SMILES string of the molecule is C=[N+](C)c1cccc2[nH]ccc12. The lowest BCUT2D eigenvalue weighted by molar-refractivity contribution is -0.392. The summed E-state index contributed by atoms with van der Waals surface area (Å²) in [4.78, 5) is 3.16. The van der Waals surface area contributed by atoms with Gasteiger partial charge in [0.1, 0.15) is 13.8 Å². The van der Waals surface area contributed by atoms with Crippen molar-refractivity contribution in [3.63, 3.8) is 0 Å². The molecule has 2 heteroatoms. The van der Waals surface area contributed by atoms with Gasteiger partial charge in [-0.2, -0.15) is 0 Å². The van der Waals surface area contributed by atoms with Crippen molar-refractivity contribution >= 4 is 23.3 Å². The summed E-state index contributed by atoms with van der Waals surface area (Å²) in [6.45, 7) is 3.86. The number of benzene rings is 1. The van der Waals surface area contributed by atoms with Gasteiger partial charge in [-0.15, -0.1) is 0 Å². The predicted octanol–water partition coefficient (Wildman–Crippen LogP) is 2.14. The molecule has 0 aliphatic carbocycles. The molecule has 0 aliphatic rings. The molecular formula is C10H11N2+. The van der Waals surface area contributed by atoms with E-state index in [1.165, 1.54) is 5.39 Å². The second-order valence-corrected chi connectivity index (χ2v) is 2.91. The first kappa shape index (κ1) is 7.10. The highest BCUT2D eigenvalue weighted by atomic mass is 14.9. The summed E-state index contributed by atoms with van der Waals surface area (Å²) in [6.07, 6.45) is 1.94. The number of hydrogen-bond acceptors (Lipinski definition) is 0. The normalized spacial score (nSPS) is 10.4. The van der Waals surface area contributed by atoms with Gasteiger partial charge in [0, 0.05) is 12.3 Å². The molecule has 0 aliphatic heterocycles. The van der Waals surface area contributed by atoms with Gasteiger partial charge in [0.2, 0.25) is 5.69 Å². The Kier molecular flexibility index (Phi) is 1.47. The number of aromatic amines is 1. The third kappa shape index (κ3) is 0.925. The van der Waals surface area contributed by atoms with E-state index in [0.717, 1.165) is 11.2 Å². The van der Waals surface area contributed by atoms with Crippen LogP contribution in [0.3, 0.4) is 0 Å². The predicted molar refractivity (Wildman–Crippen MR) is 51.3 cm³/mol. The summed E-state index contributed by atoms with van der Waals surface area (Å²) in [6, 6.07) is 8.20. The smallest absolute Gasteiger partial charge is 0.213 e. The van der Waals surface area contributed by atoms with E-state index in [-0.39, 0.29) is 0 Å². The van der Waals surface area contributed by atoms with E-state index in [1.54, 1.807) is 0 Å². The van der Waals surface area contributed by atoms with Crippen LogP contribution >= 0.6 is 0 Å². The fraction of sp³-hybridized carbons (Fsp3) is 0.100. The summed E-state index contributed by atoms with van der Waals surface area (Å²) >= 11 is 0. The Morgan fingerprint density at radius 2 is 2.17 bits per heavy atom. The van der Waals surface area contributed by atoms with Gasteiger partial charge in [0.15, 0.2) is 0 Å². The molecule has 0 spiro atoms. The third-order valence-electron chi connectivity index (χ3n) is 1.98. The van der Waals surface area contributed by atoms with Crippen molar-refractivity contribution in [3.8, 4) is 0 Å². The van der Waals surface area contributed by atoms with E-state index in [9.17, 15) is 0 Å². The molecule has 0 atom stereocenters. The van der Waals surface area contributed by atoms with Crippen LogP contribution < -0.4 is 0 Å². The van der Waals surface area contributed by atoms with Gasteiger partial charge in [-0.1, -0.05) is 6.07 Å². The Balaban J connectivity index is 2.82. The number of aromatic nitrogens is 1. The van der Waals surface area contributed by atoms with Gasteiger partial charge in [-0.25, -0.2) is 4.58 Å². The van der Waals surface area contributed by atoms with E-state index >= 15 is 0 Å². The largest absolute Gasteiger partial charge is 0.361 e. The molecule has 0 radical (unpaired) electrons. The molecule has 0 bridgehead atoms. The Labute approximate surface area is 71.2 Å². The van der Waals surface area contributed by atoms with Crippen molar-refractivity contribution in [1.29, 1.82) is 0 Å². The van der Waals surface area contributed by atoms with Gasteiger partial charge in [-0.3, -0.25) is 0 Å². The average molecular weight is 159 g/mol. The lowest BCUT2D eigenvalue weighted by atomic mass is 10.2. The quantitative estimate of drug-likeness (QED) is 0.485. The maximum atomic E-state index is 3.86. The Bertz CT molecular complexity index is 426. The van der Waals surface area contributed by atoms with Crippen molar-refractivity contribution in [2.24, 2.45) is 0 Å². The second kappa shape index (κ2) is 2.48. The molecule has 1 aromatic carbocycles. The molecule has 2 aromatic rings. The van der Waals surface area contributed by atoms with Crippen LogP contribution in [0.1, 0.15) is 0 Å². The van der Waals surface area contributed by atoms with Gasteiger partial charge >= 0.3 is 0 Å². The van der Waals surface area contributed by atoms with Crippen LogP contribution in [0.5, 0.6) is 0 Å². The molecule has 0 saturated carbocycles. The van der Waals surface area contributed by atoms with Crippen molar-refractivity contribution in [1.82, 2.24) is 4.98 Å². The van der Waals surface area contributed by atoms with E-state index in [4.69, 9.17) is 0 Å². The van der Waals surface area contributed by atoms with Crippen LogP contribution in [0, 0.1) is 0 Å². The van der Waals surface area contributed by atoms with Gasteiger partial charge < -0.3 is 4.98 Å². The highest BCUT2D eigenvalue weighted by Gasteiger charge is 2.06. The number of fused-ring (bicyclic) bond motifs is 1. The van der Waals surface area contributed by atoms with Gasteiger partial charge in [0.05, 0.1) is 10.9 Å². The molecule has 60 valence electrons. The standard InChI is InChI=1S/C10H11N2/c1-12(2)10-5-3-4-9-8(10)6-7-11-9/h3-7,11H,1H2,2H3/q+1. The first-order valence-corrected chi connectivity index (χ1v) is 3.89. The van der Waals surface area contributed by atoms with Crippen molar-refractivity contribution in [2.45, 2.75) is 0 Å². The lowest BCUT2D eigenvalue weighted by Gasteiger charge is -1.94. The van der Waals surface area contributed by atoms with Crippen LogP contribution in [-0.2, 0) is 0 Å². The Hall–Kier alpha value is -1.57. The monoisotopic (exact) mass is 159 g/mol. The molecule has 2 rings (SSSR count). The number of H-pyrrole nitrogens is 1. The summed E-state index contributed by atoms with van der Waals surface area (Å²) in [5.41, 5.74) is 2.30. The number of rotatable bonds is 1. The minimum Gasteiger partial charge on any atom is -0.361 e. The van der Waals surface area contributed by atoms with Crippen molar-refractivity contribution in [3.05, 3.63) is 30.5 Å². The van der Waals surface area contributed by atoms with Gasteiger partial charge in [-0.05, 0) is 12.1 Å². The molecule has 0 unspecified atom stereocenters. The maximum Gasteiger partial charge on any atom is 0.213 e. The average Bonchev–Trinajstić information content (AvgIpc) is 2.49. The zero-order chi connectivity index (χ0) is 8.55. The van der Waals surface area contributed by atoms with E-state index in [2.05, 4.69) is 29.9 Å². The molecule has 1 N–H and O–H groups in total. The summed E-state index contributed by atoms with van der Waals surface area (Å²) in [7, 11) is 1.95. The lowest BCUT2D eigenvalue weighted by Crippen LogP contribution is -1.91. The zero-order valence-corrected chi connectivity index (χ0v) is 7.04. The molecule has 12 heavy (non-hydrogen) atoms. The van der Waals surface area contributed by atoms with E-state index in [1.807, 2.05) is 23.9 Å². The highest BCUT2D eigenvalue weighted by molar-refractivity contribution is 5.88. The molecule has 0 fully saturated rings. The van der Waals surface area contributed by atoms with Crippen LogP contribution in [0.15, 0.2) is 30.5 Å². The van der Waals surface area contributed by atoms with Gasteiger partial charge in [0.25, 0.3) is 0 Å². The third-order valence-corrected chi connectivity index (χ3v) is 1.98. The topological polar surface area (TPSA) is 18.8 Å². The van der Waals surface area contributed by atoms with Crippen molar-refractivity contribution in [2.75, 3.05) is 7.05 Å². The first-order valence-electron chi connectivity index (χ1n) is 3.89. The Morgan fingerprint density at radius 1 is 1.33 bits per heavy atom. The van der Waals surface area contributed by atoms with Crippen LogP contribution in [0.4, 0.5) is 5.69 Å². The van der Waals surface area contributed by atoms with E-state index < -0.39 is 0 Å². The Morgan fingerprint density at radius 3 is 2.92 bits per heavy atom. The molecule has 1 heterocycles. The number of hydrogen-bond donors (Lipinski definition) is 1. The van der Waals surface area contributed by atoms with Crippen LogP contribution in [0.25, 0.3) is 10.9 Å². The molecule has 1 aromatic heterocycles. The summed E-state index contributed by atoms with van der Waals surface area (Å²) in [5.74, 6) is 0. The summed E-state index contributed by atoms with van der Waals surface area (Å²) < 4.78 is 1.87. The fourth-order valence-electron chi connectivity index (χ4n) is 1.40. The van der Waals surface area contributed by atoms with Crippen LogP contribution in [-0.4, -0.2) is 23.3 Å². The fourth-order valence-corrected chi connectivity index (χ4v) is 1.40. The first-order chi connectivity index (χ1) is 5.79. The molecule has 0 saturated heterocycles. The molecular weight excluding hydrogens is 148 g/mol. The maximum absolute atomic E-state index is 3.86. The minimum atomic E-state index is 1.15. The van der Waals surface area contributed by atoms with E-state index in [0.29, 0.717) is 0 Å². The van der Waals surface area contributed by atoms with Crippen LogP contribution in [0.2, 0.25) is 0 Å². The second-order valence-electron chi connectivity index (χ2n) is 2.91. The molecule has 0 amide bonds. The summed E-state index contributed by atoms with van der Waals surface area (Å²) in [5, 5.41) is 1.22. The minimum absolute atomic E-state index is 1.15. The highest BCUT2D eigenvalue weighted by Crippen LogP contribution is 2.22. The number of nitrogens with zero attached hydrogens (tertiary/aromatic N) is 1. The number of nitrogens with one attached hydrogen (secondary N) is 1. The zero-order valence-electron chi connectivity index (χ0n) is 7.04. The molecule has 2 nitrogen and oxygen atoms in total.